The summed E-state index contributed by atoms with van der Waals surface area (Å²) in [6, 6.07) is 16.6. The second kappa shape index (κ2) is 8.18. The monoisotopic (exact) mass is 584 g/mol. The number of carbonyl (C=O) groups excluding carboxylic acids is 4. The molecule has 0 N–H and O–H groups in total. The molecule has 0 atom stereocenters. The van der Waals surface area contributed by atoms with E-state index in [1.165, 1.54) is 31.3 Å². The zero-order valence-electron chi connectivity index (χ0n) is 23.4. The Kier molecular flexibility index (Phi) is 4.96. The highest BCUT2D eigenvalue weighted by Gasteiger charge is 2.48. The van der Waals surface area contributed by atoms with Crippen molar-refractivity contribution in [2.75, 3.05) is 0 Å². The fraction of sp³-hybridized carbons (Fsp3) is 0.167. The van der Waals surface area contributed by atoms with Gasteiger partial charge in [-0.2, -0.15) is 0 Å². The first-order valence-electron chi connectivity index (χ1n) is 13.8. The van der Waals surface area contributed by atoms with Crippen molar-refractivity contribution in [2.24, 2.45) is 0 Å². The molecule has 2 heterocycles. The largest absolute Gasteiger partial charge is 0.285 e. The number of hydrogen-bond donors (Lipinski definition) is 0. The van der Waals surface area contributed by atoms with Gasteiger partial charge >= 0.3 is 0 Å². The van der Waals surface area contributed by atoms with Gasteiger partial charge in [-0.25, -0.2) is 0 Å². The Morgan fingerprint density at radius 2 is 1.14 bits per heavy atom. The van der Waals surface area contributed by atoms with Crippen LogP contribution in [0.15, 0.2) is 66.2 Å². The van der Waals surface area contributed by atoms with E-state index in [1.807, 2.05) is 36.4 Å². The number of fused-ring (bicyclic) bond motifs is 7. The third-order valence-electron chi connectivity index (χ3n) is 9.24. The van der Waals surface area contributed by atoms with Crippen molar-refractivity contribution in [3.05, 3.63) is 115 Å². The number of carbonyl (C=O) groups is 4. The Balaban J connectivity index is 1.22. The Hall–Kier alpha value is -4.26. The van der Waals surface area contributed by atoms with Crippen LogP contribution in [-0.4, -0.2) is 23.1 Å². The normalized spacial score (nSPS) is 20.7. The van der Waals surface area contributed by atoms with Crippen LogP contribution in [0.2, 0.25) is 0 Å². The van der Waals surface area contributed by atoms with Crippen LogP contribution in [0.1, 0.15) is 86.0 Å². The molecule has 0 aliphatic heterocycles. The molecule has 4 nitrogen and oxygen atoms in total. The Bertz CT molecular complexity index is 2100. The number of rotatable bonds is 2. The molecule has 0 spiro atoms. The summed E-state index contributed by atoms with van der Waals surface area (Å²) in [5.74, 6) is -1.77. The molecule has 0 radical (unpaired) electrons. The first kappa shape index (κ1) is 25.5. The van der Waals surface area contributed by atoms with Gasteiger partial charge in [-0.1, -0.05) is 76.2 Å². The van der Waals surface area contributed by atoms with Crippen LogP contribution in [0.25, 0.3) is 33.1 Å². The second-order valence-corrected chi connectivity index (χ2v) is 14.4. The molecule has 42 heavy (non-hydrogen) atoms. The average molecular weight is 585 g/mol. The van der Waals surface area contributed by atoms with E-state index in [0.29, 0.717) is 33.4 Å². The summed E-state index contributed by atoms with van der Waals surface area (Å²) in [5.41, 5.74) is 7.51. The van der Waals surface area contributed by atoms with Gasteiger partial charge in [-0.05, 0) is 57.7 Å². The highest BCUT2D eigenvalue weighted by molar-refractivity contribution is 7.23. The van der Waals surface area contributed by atoms with Crippen molar-refractivity contribution in [3.63, 3.8) is 0 Å². The van der Waals surface area contributed by atoms with Crippen molar-refractivity contribution in [3.8, 4) is 9.75 Å². The molecular weight excluding hydrogens is 561 g/mol. The minimum Gasteiger partial charge on any atom is -0.285 e. The molecule has 4 aliphatic carbocycles. The predicted molar refractivity (Wildman–Crippen MR) is 168 cm³/mol. The summed E-state index contributed by atoms with van der Waals surface area (Å²) >= 11 is 3.43. The molecule has 8 rings (SSSR count). The maximum atomic E-state index is 13.0. The van der Waals surface area contributed by atoms with E-state index >= 15 is 0 Å². The second-order valence-electron chi connectivity index (χ2n) is 12.3. The first-order chi connectivity index (χ1) is 20.0. The maximum absolute atomic E-state index is 13.0. The van der Waals surface area contributed by atoms with Crippen LogP contribution < -0.4 is 0 Å². The van der Waals surface area contributed by atoms with Gasteiger partial charge in [-0.15, -0.1) is 22.7 Å². The van der Waals surface area contributed by atoms with Gasteiger partial charge in [0.1, 0.15) is 0 Å². The molecule has 2 aromatic heterocycles. The molecule has 0 amide bonds. The van der Waals surface area contributed by atoms with Crippen LogP contribution in [0.3, 0.4) is 0 Å². The minimum absolute atomic E-state index is 0.269. The fourth-order valence-corrected chi connectivity index (χ4v) is 10.00. The molecule has 4 aliphatic rings. The standard InChI is InChI=1S/C36H24O4S2/c1-35(2)17(13-23-19-9-5-7-11-21(19)29(37)31(23)39)14-26-27(35)28-34(42-26)33-25(36(28,3)4)16-18(41-33)15-24-20-10-6-8-12-22(20)30(38)32(24)40/h5-16H,1-4H3/b23-13-,24-15-. The summed E-state index contributed by atoms with van der Waals surface area (Å²) in [6.07, 6.45) is 5.97. The van der Waals surface area contributed by atoms with Crippen LogP contribution in [-0.2, 0) is 20.4 Å². The van der Waals surface area contributed by atoms with Gasteiger partial charge in [0.05, 0.1) is 0 Å². The van der Waals surface area contributed by atoms with E-state index in [-0.39, 0.29) is 10.8 Å². The van der Waals surface area contributed by atoms with E-state index in [0.717, 1.165) is 10.5 Å². The Morgan fingerprint density at radius 3 is 1.74 bits per heavy atom. The van der Waals surface area contributed by atoms with Gasteiger partial charge in [-0.3, -0.25) is 19.2 Å². The lowest BCUT2D eigenvalue weighted by molar-refractivity contribution is -0.110. The zero-order chi connectivity index (χ0) is 29.3. The summed E-state index contributed by atoms with van der Waals surface area (Å²) < 4.78 is 0. The summed E-state index contributed by atoms with van der Waals surface area (Å²) in [7, 11) is 0. The number of benzene rings is 2. The third-order valence-corrected chi connectivity index (χ3v) is 11.6. The van der Waals surface area contributed by atoms with Crippen LogP contribution in [0.4, 0.5) is 0 Å². The van der Waals surface area contributed by atoms with Crippen molar-refractivity contribution in [1.29, 1.82) is 0 Å². The van der Waals surface area contributed by atoms with Crippen molar-refractivity contribution >= 4 is 69.1 Å². The molecule has 0 fully saturated rings. The number of allylic oxidation sites excluding steroid dienone is 4. The summed E-state index contributed by atoms with van der Waals surface area (Å²) in [5, 5.41) is 0. The van der Waals surface area contributed by atoms with E-state index in [9.17, 15) is 19.2 Å². The lowest BCUT2D eigenvalue weighted by Crippen LogP contribution is -2.24. The summed E-state index contributed by atoms with van der Waals surface area (Å²) in [6.45, 7) is 8.88. The van der Waals surface area contributed by atoms with Crippen molar-refractivity contribution in [1.82, 2.24) is 0 Å². The SMILES string of the molecule is CC1(C)C(/C=C2\C(=O)C(=O)c3ccccc32)=Cc2sc3c(c21)C(C)(C)c1cc(/C=C2\C(=O)C(=O)c4ccccc42)sc1-3. The quantitative estimate of drug-likeness (QED) is 0.177. The van der Waals surface area contributed by atoms with Gasteiger partial charge in [0.2, 0.25) is 23.1 Å². The zero-order valence-corrected chi connectivity index (χ0v) is 25.0. The number of hydrogen-bond acceptors (Lipinski definition) is 6. The van der Waals surface area contributed by atoms with E-state index < -0.39 is 23.1 Å². The molecule has 0 bridgehead atoms. The molecule has 6 heteroatoms. The number of Topliss-reactive ketones (excluding diaryl/α,β-unsaturated/α-hetero) is 4. The van der Waals surface area contributed by atoms with Gasteiger partial charge in [0.25, 0.3) is 0 Å². The van der Waals surface area contributed by atoms with Crippen LogP contribution >= 0.6 is 22.7 Å². The molecule has 0 saturated carbocycles. The fourth-order valence-electron chi connectivity index (χ4n) is 7.01. The molecule has 204 valence electrons. The number of thiophene rings is 2. The molecule has 0 unspecified atom stereocenters. The Morgan fingerprint density at radius 1 is 0.595 bits per heavy atom. The smallest absolute Gasteiger partial charge is 0.234 e. The van der Waals surface area contributed by atoms with Gasteiger partial charge in [0.15, 0.2) is 0 Å². The van der Waals surface area contributed by atoms with Crippen molar-refractivity contribution in [2.45, 2.75) is 38.5 Å². The highest BCUT2D eigenvalue weighted by Crippen LogP contribution is 2.62. The predicted octanol–water partition coefficient (Wildman–Crippen LogP) is 7.95. The molecule has 0 saturated heterocycles. The lowest BCUT2D eigenvalue weighted by atomic mass is 9.73. The average Bonchev–Trinajstić information content (AvgIpc) is 3.75. The topological polar surface area (TPSA) is 68.3 Å². The Labute approximate surface area is 250 Å². The van der Waals surface area contributed by atoms with Gasteiger partial charge in [0, 0.05) is 52.6 Å². The molecule has 4 aromatic rings. The van der Waals surface area contributed by atoms with E-state index in [1.54, 1.807) is 46.9 Å². The lowest BCUT2D eigenvalue weighted by Gasteiger charge is -2.29. The minimum atomic E-state index is -0.446. The maximum Gasteiger partial charge on any atom is 0.234 e. The van der Waals surface area contributed by atoms with Gasteiger partial charge < -0.3 is 0 Å². The molecule has 2 aromatic carbocycles. The highest BCUT2D eigenvalue weighted by atomic mass is 32.1. The molecular formula is C36H24O4S2. The van der Waals surface area contributed by atoms with E-state index in [2.05, 4.69) is 39.8 Å². The van der Waals surface area contributed by atoms with Crippen LogP contribution in [0.5, 0.6) is 0 Å². The summed E-state index contributed by atoms with van der Waals surface area (Å²) in [4.78, 5) is 55.6. The number of ketones is 4. The first-order valence-corrected chi connectivity index (χ1v) is 15.5. The van der Waals surface area contributed by atoms with Crippen LogP contribution in [0, 0.1) is 0 Å². The van der Waals surface area contributed by atoms with Crippen molar-refractivity contribution < 1.29 is 19.2 Å². The van der Waals surface area contributed by atoms with E-state index in [4.69, 9.17) is 0 Å². The third kappa shape index (κ3) is 3.11.